The highest BCUT2D eigenvalue weighted by atomic mass is 35.5. The third-order valence-corrected chi connectivity index (χ3v) is 4.84. The van der Waals surface area contributed by atoms with Crippen LogP contribution in [0.3, 0.4) is 0 Å². The average molecular weight is 333 g/mol. The maximum absolute atomic E-state index is 12.9. The first-order valence-corrected chi connectivity index (χ1v) is 7.90. The Hall–Kier alpha value is -2.12. The van der Waals surface area contributed by atoms with Crippen LogP contribution in [0.5, 0.6) is 0 Å². The van der Waals surface area contributed by atoms with E-state index in [-0.39, 0.29) is 5.56 Å². The lowest BCUT2D eigenvalue weighted by Crippen LogP contribution is -2.45. The SMILES string of the molecule is CN1CCN(c2c(Cl)ccc3c2c(=O)n(C)c2nncn32)CC1. The van der Waals surface area contributed by atoms with E-state index in [1.165, 1.54) is 4.57 Å². The van der Waals surface area contributed by atoms with Crippen molar-refractivity contribution in [3.63, 3.8) is 0 Å². The zero-order valence-corrected chi connectivity index (χ0v) is 13.8. The van der Waals surface area contributed by atoms with Gasteiger partial charge in [-0.2, -0.15) is 0 Å². The van der Waals surface area contributed by atoms with Crippen LogP contribution in [-0.4, -0.2) is 57.3 Å². The second-order valence-electron chi connectivity index (χ2n) is 5.95. The Balaban J connectivity index is 2.05. The molecule has 120 valence electrons. The summed E-state index contributed by atoms with van der Waals surface area (Å²) in [5, 5.41) is 9.18. The Morgan fingerprint density at radius 2 is 1.87 bits per heavy atom. The first-order valence-electron chi connectivity index (χ1n) is 7.52. The first-order chi connectivity index (χ1) is 11.1. The molecule has 0 radical (unpaired) electrons. The fourth-order valence-electron chi connectivity index (χ4n) is 3.19. The zero-order chi connectivity index (χ0) is 16.1. The van der Waals surface area contributed by atoms with Crippen LogP contribution in [0, 0.1) is 0 Å². The monoisotopic (exact) mass is 332 g/mol. The van der Waals surface area contributed by atoms with Gasteiger partial charge < -0.3 is 9.80 Å². The van der Waals surface area contributed by atoms with E-state index in [1.54, 1.807) is 13.4 Å². The van der Waals surface area contributed by atoms with E-state index in [1.807, 2.05) is 16.5 Å². The second kappa shape index (κ2) is 5.21. The number of nitrogens with zero attached hydrogens (tertiary/aromatic N) is 6. The van der Waals surface area contributed by atoms with Crippen LogP contribution in [0.1, 0.15) is 0 Å². The zero-order valence-electron chi connectivity index (χ0n) is 13.0. The molecule has 1 aliphatic heterocycles. The molecule has 0 N–H and O–H groups in total. The van der Waals surface area contributed by atoms with E-state index >= 15 is 0 Å². The van der Waals surface area contributed by atoms with Crippen molar-refractivity contribution in [3.05, 3.63) is 33.8 Å². The summed E-state index contributed by atoms with van der Waals surface area (Å²) in [5.41, 5.74) is 1.50. The number of piperazine rings is 1. The van der Waals surface area contributed by atoms with E-state index in [0.29, 0.717) is 16.2 Å². The molecule has 4 rings (SSSR count). The van der Waals surface area contributed by atoms with Gasteiger partial charge in [-0.3, -0.25) is 13.8 Å². The van der Waals surface area contributed by atoms with Gasteiger partial charge in [0.2, 0.25) is 5.78 Å². The molecular formula is C15H17ClN6O. The van der Waals surface area contributed by atoms with Gasteiger partial charge in [0.1, 0.15) is 6.33 Å². The highest BCUT2D eigenvalue weighted by Crippen LogP contribution is 2.33. The summed E-state index contributed by atoms with van der Waals surface area (Å²) in [6.07, 6.45) is 1.62. The molecule has 1 aromatic carbocycles. The lowest BCUT2D eigenvalue weighted by Gasteiger charge is -2.35. The number of fused-ring (bicyclic) bond motifs is 3. The number of rotatable bonds is 1. The number of benzene rings is 1. The summed E-state index contributed by atoms with van der Waals surface area (Å²) in [4.78, 5) is 17.4. The molecule has 0 aliphatic carbocycles. The summed E-state index contributed by atoms with van der Waals surface area (Å²) < 4.78 is 3.35. The molecule has 0 unspecified atom stereocenters. The van der Waals surface area contributed by atoms with Gasteiger partial charge in [0.05, 0.1) is 21.6 Å². The highest BCUT2D eigenvalue weighted by molar-refractivity contribution is 6.35. The van der Waals surface area contributed by atoms with Gasteiger partial charge in [-0.1, -0.05) is 11.6 Å². The summed E-state index contributed by atoms with van der Waals surface area (Å²) in [7, 11) is 3.81. The molecule has 7 nitrogen and oxygen atoms in total. The summed E-state index contributed by atoms with van der Waals surface area (Å²) in [6.45, 7) is 3.58. The Bertz CT molecular complexity index is 954. The van der Waals surface area contributed by atoms with Crippen molar-refractivity contribution in [3.8, 4) is 0 Å². The Labute approximate surface area is 137 Å². The number of aryl methyl sites for hydroxylation is 1. The first kappa shape index (κ1) is 14.5. The average Bonchev–Trinajstić information content (AvgIpc) is 3.03. The fraction of sp³-hybridized carbons (Fsp3) is 0.400. The van der Waals surface area contributed by atoms with E-state index in [9.17, 15) is 4.79 Å². The largest absolute Gasteiger partial charge is 0.367 e. The molecule has 3 aromatic rings. The van der Waals surface area contributed by atoms with Crippen molar-refractivity contribution in [2.24, 2.45) is 7.05 Å². The summed E-state index contributed by atoms with van der Waals surface area (Å²) in [6, 6.07) is 3.70. The summed E-state index contributed by atoms with van der Waals surface area (Å²) in [5.74, 6) is 0.522. The van der Waals surface area contributed by atoms with Crippen LogP contribution in [0.2, 0.25) is 5.02 Å². The van der Waals surface area contributed by atoms with Gasteiger partial charge >= 0.3 is 0 Å². The van der Waals surface area contributed by atoms with Gasteiger partial charge in [-0.05, 0) is 19.2 Å². The molecular weight excluding hydrogens is 316 g/mol. The van der Waals surface area contributed by atoms with Gasteiger partial charge in [-0.25, -0.2) is 0 Å². The minimum Gasteiger partial charge on any atom is -0.367 e. The topological polar surface area (TPSA) is 58.7 Å². The van der Waals surface area contributed by atoms with Crippen molar-refractivity contribution in [1.82, 2.24) is 24.1 Å². The number of halogens is 1. The lowest BCUT2D eigenvalue weighted by atomic mass is 10.1. The molecule has 0 atom stereocenters. The fourth-order valence-corrected chi connectivity index (χ4v) is 3.47. The van der Waals surface area contributed by atoms with Crippen molar-refractivity contribution >= 4 is 34.0 Å². The molecule has 0 amide bonds. The maximum Gasteiger partial charge on any atom is 0.264 e. The number of likely N-dealkylation sites (N-methyl/N-ethyl adjacent to an activating group) is 1. The number of aromatic nitrogens is 4. The van der Waals surface area contributed by atoms with Crippen LogP contribution < -0.4 is 10.5 Å². The van der Waals surface area contributed by atoms with Crippen LogP contribution in [0.4, 0.5) is 5.69 Å². The number of hydrogen-bond donors (Lipinski definition) is 0. The van der Waals surface area contributed by atoms with Gasteiger partial charge in [0, 0.05) is 33.2 Å². The minimum absolute atomic E-state index is 0.100. The van der Waals surface area contributed by atoms with Crippen molar-refractivity contribution < 1.29 is 0 Å². The molecule has 0 spiro atoms. The van der Waals surface area contributed by atoms with Gasteiger partial charge in [0.15, 0.2) is 0 Å². The Kier molecular flexibility index (Phi) is 3.28. The molecule has 0 bridgehead atoms. The molecule has 1 aliphatic rings. The van der Waals surface area contributed by atoms with Crippen molar-refractivity contribution in [1.29, 1.82) is 0 Å². The minimum atomic E-state index is -0.100. The molecule has 1 fully saturated rings. The molecule has 8 heteroatoms. The number of hydrogen-bond acceptors (Lipinski definition) is 5. The lowest BCUT2D eigenvalue weighted by molar-refractivity contribution is 0.313. The third kappa shape index (κ3) is 2.11. The maximum atomic E-state index is 12.9. The smallest absolute Gasteiger partial charge is 0.264 e. The third-order valence-electron chi connectivity index (χ3n) is 4.53. The molecule has 0 saturated carbocycles. The van der Waals surface area contributed by atoms with Crippen LogP contribution >= 0.6 is 11.6 Å². The van der Waals surface area contributed by atoms with Crippen molar-refractivity contribution in [2.45, 2.75) is 0 Å². The second-order valence-corrected chi connectivity index (χ2v) is 6.35. The van der Waals surface area contributed by atoms with Crippen LogP contribution in [0.15, 0.2) is 23.3 Å². The van der Waals surface area contributed by atoms with E-state index in [0.717, 1.165) is 37.4 Å². The predicted molar refractivity (Wildman–Crippen MR) is 90.5 cm³/mol. The van der Waals surface area contributed by atoms with Crippen molar-refractivity contribution in [2.75, 3.05) is 38.1 Å². The molecule has 1 saturated heterocycles. The molecule has 2 aromatic heterocycles. The van der Waals surface area contributed by atoms with E-state index < -0.39 is 0 Å². The van der Waals surface area contributed by atoms with E-state index in [2.05, 4.69) is 27.0 Å². The van der Waals surface area contributed by atoms with Gasteiger partial charge in [0.25, 0.3) is 5.56 Å². The normalized spacial score (nSPS) is 16.6. The Morgan fingerprint density at radius 3 is 2.61 bits per heavy atom. The van der Waals surface area contributed by atoms with Gasteiger partial charge in [-0.15, -0.1) is 10.2 Å². The number of anilines is 1. The quantitative estimate of drug-likeness (QED) is 0.665. The van der Waals surface area contributed by atoms with Crippen LogP contribution in [-0.2, 0) is 7.05 Å². The van der Waals surface area contributed by atoms with E-state index in [4.69, 9.17) is 11.6 Å². The molecule has 3 heterocycles. The summed E-state index contributed by atoms with van der Waals surface area (Å²) >= 11 is 6.48. The van der Waals surface area contributed by atoms with Crippen LogP contribution in [0.25, 0.3) is 16.7 Å². The molecule has 23 heavy (non-hydrogen) atoms. The Morgan fingerprint density at radius 1 is 1.13 bits per heavy atom. The predicted octanol–water partition coefficient (Wildman–Crippen LogP) is 0.986. The highest BCUT2D eigenvalue weighted by Gasteiger charge is 2.22. The standard InChI is InChI=1S/C15H17ClN6O/c1-19-5-7-21(8-6-19)13-10(16)3-4-11-12(13)14(23)20(2)15-18-17-9-22(11)15/h3-4,9H,5-8H2,1-2H3.